The van der Waals surface area contributed by atoms with Crippen LogP contribution in [0.25, 0.3) is 0 Å². The fourth-order valence-corrected chi connectivity index (χ4v) is 2.84. The van der Waals surface area contributed by atoms with Gasteiger partial charge in [0.1, 0.15) is 6.10 Å². The number of ether oxygens (including phenoxy) is 2. The first-order chi connectivity index (χ1) is 9.19. The van der Waals surface area contributed by atoms with Crippen LogP contribution >= 0.6 is 0 Å². The number of benzene rings is 1. The highest BCUT2D eigenvalue weighted by molar-refractivity contribution is 5.36. The largest absolute Gasteiger partial charge is 0.471 e. The minimum Gasteiger partial charge on any atom is -0.471 e. The highest BCUT2D eigenvalue weighted by atomic mass is 16.5. The zero-order chi connectivity index (χ0) is 13.8. The van der Waals surface area contributed by atoms with Crippen LogP contribution in [-0.4, -0.2) is 43.7 Å². The van der Waals surface area contributed by atoms with Crippen LogP contribution in [0, 0.1) is 0 Å². The number of rotatable bonds is 2. The Hall–Kier alpha value is -1.39. The van der Waals surface area contributed by atoms with Crippen molar-refractivity contribution in [2.75, 3.05) is 14.2 Å². The summed E-state index contributed by atoms with van der Waals surface area (Å²) < 4.78 is 9.81. The maximum atomic E-state index is 8.95. The number of carbonyl (C=O) groups excluding carboxylic acids is 1. The number of hydrogen-bond donors (Lipinski definition) is 0. The van der Waals surface area contributed by atoms with Crippen molar-refractivity contribution in [2.45, 2.75) is 37.6 Å². The summed E-state index contributed by atoms with van der Waals surface area (Å²) in [7, 11) is 3.53. The van der Waals surface area contributed by atoms with Gasteiger partial charge in [-0.15, -0.1) is 0 Å². The zero-order valence-electron chi connectivity index (χ0n) is 11.7. The van der Waals surface area contributed by atoms with Crippen LogP contribution in [0.2, 0.25) is 0 Å². The summed E-state index contributed by atoms with van der Waals surface area (Å²) in [5.41, 5.74) is 1.32. The van der Waals surface area contributed by atoms with Crippen LogP contribution in [0.4, 0.5) is 0 Å². The Balaban J connectivity index is 0.000000297. The van der Waals surface area contributed by atoms with Crippen molar-refractivity contribution < 1.29 is 14.3 Å². The van der Waals surface area contributed by atoms with E-state index < -0.39 is 0 Å². The van der Waals surface area contributed by atoms with Gasteiger partial charge in [0.15, 0.2) is 0 Å². The zero-order valence-corrected chi connectivity index (χ0v) is 11.7. The average molecular weight is 263 g/mol. The number of likely N-dealkylation sites (tertiary alicyclic amines) is 1. The molecule has 3 rings (SSSR count). The van der Waals surface area contributed by atoms with Crippen LogP contribution < -0.4 is 0 Å². The molecule has 0 spiro atoms. The molecule has 4 atom stereocenters. The second-order valence-corrected chi connectivity index (χ2v) is 5.08. The highest BCUT2D eigenvalue weighted by Gasteiger charge is 2.51. The molecule has 2 saturated heterocycles. The Morgan fingerprint density at radius 3 is 2.53 bits per heavy atom. The van der Waals surface area contributed by atoms with Gasteiger partial charge in [-0.1, -0.05) is 30.3 Å². The van der Waals surface area contributed by atoms with Gasteiger partial charge >= 0.3 is 0 Å². The van der Waals surface area contributed by atoms with Crippen molar-refractivity contribution in [1.82, 2.24) is 4.90 Å². The standard InChI is InChI=1S/C13H17NO.C2H4O2/c1-9-8-11-12(14(9)2)13(15-11)10-6-4-3-5-7-10;1-4-2-3/h3-7,9,11-13H,8H2,1-2H3;2H,1H3/t9-,11-,12+,13-;/m1./s1. The molecule has 0 radical (unpaired) electrons. The molecule has 1 aromatic rings. The second-order valence-electron chi connectivity index (χ2n) is 5.08. The van der Waals surface area contributed by atoms with Crippen molar-refractivity contribution in [2.24, 2.45) is 0 Å². The topological polar surface area (TPSA) is 38.8 Å². The molecule has 2 aliphatic rings. The van der Waals surface area contributed by atoms with E-state index >= 15 is 0 Å². The quantitative estimate of drug-likeness (QED) is 0.765. The number of likely N-dealkylation sites (N-methyl/N-ethyl adjacent to an activating group) is 1. The van der Waals surface area contributed by atoms with E-state index in [9.17, 15) is 0 Å². The molecule has 104 valence electrons. The van der Waals surface area contributed by atoms with Crippen molar-refractivity contribution >= 4 is 6.47 Å². The molecule has 0 amide bonds. The van der Waals surface area contributed by atoms with Crippen molar-refractivity contribution in [3.05, 3.63) is 35.9 Å². The fraction of sp³-hybridized carbons (Fsp3) is 0.533. The normalized spacial score (nSPS) is 32.6. The first-order valence-corrected chi connectivity index (χ1v) is 6.57. The smallest absolute Gasteiger partial charge is 0.292 e. The lowest BCUT2D eigenvalue weighted by molar-refractivity contribution is -0.164. The van der Waals surface area contributed by atoms with Gasteiger partial charge in [-0.2, -0.15) is 0 Å². The Bertz CT molecular complexity index is 409. The van der Waals surface area contributed by atoms with Crippen LogP contribution in [-0.2, 0) is 14.3 Å². The maximum Gasteiger partial charge on any atom is 0.292 e. The van der Waals surface area contributed by atoms with Gasteiger partial charge in [0.25, 0.3) is 6.47 Å². The fourth-order valence-electron chi connectivity index (χ4n) is 2.84. The average Bonchev–Trinajstić information content (AvgIpc) is 2.63. The van der Waals surface area contributed by atoms with E-state index in [1.165, 1.54) is 19.1 Å². The summed E-state index contributed by atoms with van der Waals surface area (Å²) in [5.74, 6) is 0. The third-order valence-electron chi connectivity index (χ3n) is 3.98. The lowest BCUT2D eigenvalue weighted by Gasteiger charge is -2.43. The predicted molar refractivity (Wildman–Crippen MR) is 72.8 cm³/mol. The van der Waals surface area contributed by atoms with E-state index in [-0.39, 0.29) is 0 Å². The van der Waals surface area contributed by atoms with Gasteiger partial charge < -0.3 is 9.47 Å². The molecule has 0 N–H and O–H groups in total. The SMILES string of the molecule is COC=O.C[C@@H]1C[C@H]2O[C@H](c3ccccc3)[C@H]2N1C. The molecule has 19 heavy (non-hydrogen) atoms. The molecule has 0 aliphatic carbocycles. The predicted octanol–water partition coefficient (Wildman–Crippen LogP) is 2.01. The molecule has 0 bridgehead atoms. The first kappa shape index (κ1) is 14.0. The third kappa shape index (κ3) is 2.80. The van der Waals surface area contributed by atoms with Crippen LogP contribution in [0.15, 0.2) is 30.3 Å². The van der Waals surface area contributed by atoms with E-state index in [1.807, 2.05) is 0 Å². The minimum atomic E-state index is 0.297. The number of nitrogens with zero attached hydrogens (tertiary/aromatic N) is 1. The number of carbonyl (C=O) groups is 1. The molecule has 1 aromatic carbocycles. The van der Waals surface area contributed by atoms with Crippen LogP contribution in [0.1, 0.15) is 25.0 Å². The number of fused-ring (bicyclic) bond motifs is 1. The highest BCUT2D eigenvalue weighted by Crippen LogP contribution is 2.45. The molecule has 2 heterocycles. The first-order valence-electron chi connectivity index (χ1n) is 6.57. The molecular formula is C15H21NO3. The Labute approximate surface area is 114 Å². The van der Waals surface area contributed by atoms with E-state index in [0.717, 1.165) is 0 Å². The lowest BCUT2D eigenvalue weighted by Crippen LogP contribution is -2.50. The Kier molecular flexibility index (Phi) is 4.56. The molecule has 0 unspecified atom stereocenters. The minimum absolute atomic E-state index is 0.297. The van der Waals surface area contributed by atoms with Gasteiger partial charge in [-0.3, -0.25) is 9.69 Å². The lowest BCUT2D eigenvalue weighted by atomic mass is 9.92. The maximum absolute atomic E-state index is 8.95. The van der Waals surface area contributed by atoms with Gasteiger partial charge in [-0.05, 0) is 26.0 Å². The van der Waals surface area contributed by atoms with Crippen LogP contribution in [0.3, 0.4) is 0 Å². The van der Waals surface area contributed by atoms with Gasteiger partial charge in [0.05, 0.1) is 19.3 Å². The van der Waals surface area contributed by atoms with Gasteiger partial charge in [0, 0.05) is 6.04 Å². The molecule has 4 heteroatoms. The van der Waals surface area contributed by atoms with Crippen molar-refractivity contribution in [3.63, 3.8) is 0 Å². The Morgan fingerprint density at radius 1 is 1.37 bits per heavy atom. The third-order valence-corrected chi connectivity index (χ3v) is 3.98. The molecule has 4 nitrogen and oxygen atoms in total. The number of methoxy groups -OCH3 is 1. The van der Waals surface area contributed by atoms with E-state index in [1.54, 1.807) is 0 Å². The summed E-state index contributed by atoms with van der Waals surface area (Å²) in [6, 6.07) is 11.8. The summed E-state index contributed by atoms with van der Waals surface area (Å²) in [6.07, 6.45) is 1.95. The van der Waals surface area contributed by atoms with Crippen molar-refractivity contribution in [1.29, 1.82) is 0 Å². The number of hydrogen-bond acceptors (Lipinski definition) is 4. The van der Waals surface area contributed by atoms with Gasteiger partial charge in [0.2, 0.25) is 0 Å². The van der Waals surface area contributed by atoms with Crippen LogP contribution in [0.5, 0.6) is 0 Å². The van der Waals surface area contributed by atoms with Gasteiger partial charge in [-0.25, -0.2) is 0 Å². The molecule has 0 saturated carbocycles. The van der Waals surface area contributed by atoms with E-state index in [2.05, 4.69) is 53.9 Å². The molecule has 0 aromatic heterocycles. The van der Waals surface area contributed by atoms with E-state index in [4.69, 9.17) is 9.53 Å². The van der Waals surface area contributed by atoms with Crippen molar-refractivity contribution in [3.8, 4) is 0 Å². The molecule has 2 aliphatic heterocycles. The van der Waals surface area contributed by atoms with E-state index in [0.29, 0.717) is 30.8 Å². The summed E-state index contributed by atoms with van der Waals surface area (Å²) >= 11 is 0. The summed E-state index contributed by atoms with van der Waals surface area (Å²) in [5, 5.41) is 0. The summed E-state index contributed by atoms with van der Waals surface area (Å²) in [6.45, 7) is 2.66. The summed E-state index contributed by atoms with van der Waals surface area (Å²) in [4.78, 5) is 11.4. The molecule has 2 fully saturated rings. The monoisotopic (exact) mass is 263 g/mol. The Morgan fingerprint density at radius 2 is 2.00 bits per heavy atom. The molecular weight excluding hydrogens is 242 g/mol. The second kappa shape index (κ2) is 6.17.